The molecule has 0 aromatic carbocycles. The van der Waals surface area contributed by atoms with Crippen LogP contribution in [0.3, 0.4) is 0 Å². The Morgan fingerprint density at radius 1 is 1.67 bits per heavy atom. The lowest BCUT2D eigenvalue weighted by atomic mass is 10.1. The Bertz CT molecular complexity index is 138. The second kappa shape index (κ2) is 2.14. The minimum absolute atomic E-state index is 0.00704. The van der Waals surface area contributed by atoms with E-state index in [4.69, 9.17) is 0 Å². The number of amides is 1. The summed E-state index contributed by atoms with van der Waals surface area (Å²) in [4.78, 5) is 25.6. The summed E-state index contributed by atoms with van der Waals surface area (Å²) < 4.78 is 0. The minimum Gasteiger partial charge on any atom is -0.296 e. The predicted octanol–water partition coefficient (Wildman–Crippen LogP) is -0.747. The Morgan fingerprint density at radius 2 is 2.33 bits per heavy atom. The van der Waals surface area contributed by atoms with Gasteiger partial charge in [-0.2, -0.15) is 0 Å². The van der Waals surface area contributed by atoms with Crippen molar-refractivity contribution in [3.63, 3.8) is 0 Å². The Balaban J connectivity index is 2.62. The van der Waals surface area contributed by atoms with Gasteiger partial charge in [-0.3, -0.25) is 14.4 Å². The maximum atomic E-state index is 10.6. The largest absolute Gasteiger partial charge is 0.296 e. The second-order valence-corrected chi connectivity index (χ2v) is 1.94. The van der Waals surface area contributed by atoms with Crippen molar-refractivity contribution >= 4 is 11.7 Å². The van der Waals surface area contributed by atoms with Crippen molar-refractivity contribution in [2.75, 3.05) is 6.61 Å². The van der Waals surface area contributed by atoms with Gasteiger partial charge in [-0.1, -0.05) is 0 Å². The highest BCUT2D eigenvalue weighted by Gasteiger charge is 2.25. The third-order valence-corrected chi connectivity index (χ3v) is 1.26. The number of nitrogens with one attached hydrogen (secondary N) is 1. The van der Waals surface area contributed by atoms with E-state index in [0.29, 0.717) is 0 Å². The molecule has 1 unspecified atom stereocenters. The number of Topliss-reactive ketones (excluding diaryl/α,β-unsaturated/α-hetero) is 1. The summed E-state index contributed by atoms with van der Waals surface area (Å²) in [6.07, 6.45) is 0. The van der Waals surface area contributed by atoms with Crippen LogP contribution in [0.1, 0.15) is 6.92 Å². The Hall–Kier alpha value is -0.900. The molecule has 0 aromatic rings. The molecule has 1 fully saturated rings. The van der Waals surface area contributed by atoms with Gasteiger partial charge in [0.25, 0.3) is 5.91 Å². The lowest BCUT2D eigenvalue weighted by molar-refractivity contribution is -0.154. The van der Waals surface area contributed by atoms with E-state index in [0.717, 1.165) is 0 Å². The standard InChI is InChI=1S/C5H7NO3/c1-3-4(7)2-9-6-5(3)8/h3H,2H2,1H3,(H,6,8). The highest BCUT2D eigenvalue weighted by Crippen LogP contribution is 2.01. The molecule has 0 radical (unpaired) electrons. The maximum absolute atomic E-state index is 10.6. The van der Waals surface area contributed by atoms with E-state index >= 15 is 0 Å². The number of ketones is 1. The topological polar surface area (TPSA) is 55.4 Å². The van der Waals surface area contributed by atoms with E-state index < -0.39 is 5.92 Å². The summed E-state index contributed by atoms with van der Waals surface area (Å²) >= 11 is 0. The van der Waals surface area contributed by atoms with E-state index in [1.165, 1.54) is 0 Å². The number of rotatable bonds is 0. The molecule has 1 aliphatic heterocycles. The van der Waals surface area contributed by atoms with Crippen LogP contribution in [0, 0.1) is 5.92 Å². The zero-order valence-electron chi connectivity index (χ0n) is 5.01. The van der Waals surface area contributed by atoms with Gasteiger partial charge in [0.1, 0.15) is 6.61 Å². The first-order valence-corrected chi connectivity index (χ1v) is 2.66. The smallest absolute Gasteiger partial charge is 0.253 e. The van der Waals surface area contributed by atoms with E-state index in [1.54, 1.807) is 6.92 Å². The van der Waals surface area contributed by atoms with E-state index in [-0.39, 0.29) is 18.3 Å². The van der Waals surface area contributed by atoms with Crippen molar-refractivity contribution in [2.24, 2.45) is 5.92 Å². The first-order valence-electron chi connectivity index (χ1n) is 2.66. The van der Waals surface area contributed by atoms with Gasteiger partial charge in [0.2, 0.25) is 0 Å². The fourth-order valence-corrected chi connectivity index (χ4v) is 0.538. The van der Waals surface area contributed by atoms with Crippen LogP contribution in [0.25, 0.3) is 0 Å². The molecule has 1 aliphatic rings. The second-order valence-electron chi connectivity index (χ2n) is 1.94. The molecule has 1 atom stereocenters. The number of carbonyl (C=O) groups is 2. The average Bonchev–Trinajstić information content (AvgIpc) is 1.83. The molecule has 1 saturated heterocycles. The summed E-state index contributed by atoms with van der Waals surface area (Å²) in [7, 11) is 0. The fourth-order valence-electron chi connectivity index (χ4n) is 0.538. The molecule has 1 heterocycles. The summed E-state index contributed by atoms with van der Waals surface area (Å²) in [6.45, 7) is 1.55. The molecule has 50 valence electrons. The van der Waals surface area contributed by atoms with Gasteiger partial charge in [0.05, 0.1) is 5.92 Å². The van der Waals surface area contributed by atoms with Crippen LogP contribution in [0.2, 0.25) is 0 Å². The molecule has 1 amide bonds. The van der Waals surface area contributed by atoms with E-state index in [2.05, 4.69) is 10.3 Å². The summed E-state index contributed by atoms with van der Waals surface area (Å²) in [6, 6.07) is 0. The van der Waals surface area contributed by atoms with Gasteiger partial charge in [-0.05, 0) is 6.92 Å². The van der Waals surface area contributed by atoms with Crippen LogP contribution in [-0.4, -0.2) is 18.3 Å². The molecular weight excluding hydrogens is 122 g/mol. The first-order chi connectivity index (χ1) is 4.22. The van der Waals surface area contributed by atoms with Crippen LogP contribution in [0.4, 0.5) is 0 Å². The maximum Gasteiger partial charge on any atom is 0.253 e. The van der Waals surface area contributed by atoms with Gasteiger partial charge in [-0.15, -0.1) is 0 Å². The lowest BCUT2D eigenvalue weighted by Gasteiger charge is -2.15. The molecule has 0 spiro atoms. The van der Waals surface area contributed by atoms with Crippen molar-refractivity contribution in [3.05, 3.63) is 0 Å². The predicted molar refractivity (Wildman–Crippen MR) is 28.3 cm³/mol. The Kier molecular flexibility index (Phi) is 1.48. The number of hydrogen-bond donors (Lipinski definition) is 1. The van der Waals surface area contributed by atoms with E-state index in [9.17, 15) is 9.59 Å². The zero-order chi connectivity index (χ0) is 6.85. The van der Waals surface area contributed by atoms with Crippen molar-refractivity contribution in [1.29, 1.82) is 0 Å². The monoisotopic (exact) mass is 129 g/mol. The summed E-state index contributed by atoms with van der Waals surface area (Å²) in [5.41, 5.74) is 2.10. The van der Waals surface area contributed by atoms with Gasteiger partial charge >= 0.3 is 0 Å². The fraction of sp³-hybridized carbons (Fsp3) is 0.600. The molecule has 4 heteroatoms. The normalized spacial score (nSPS) is 27.9. The van der Waals surface area contributed by atoms with Crippen LogP contribution in [0.5, 0.6) is 0 Å². The summed E-state index contributed by atoms with van der Waals surface area (Å²) in [5.74, 6) is -1.07. The van der Waals surface area contributed by atoms with Crippen molar-refractivity contribution in [1.82, 2.24) is 5.48 Å². The molecule has 0 bridgehead atoms. The third kappa shape index (κ3) is 1.08. The molecule has 0 aromatic heterocycles. The SMILES string of the molecule is CC1C(=O)CONC1=O. The first kappa shape index (κ1) is 6.22. The van der Waals surface area contributed by atoms with Crippen LogP contribution < -0.4 is 5.48 Å². The quantitative estimate of drug-likeness (QED) is 0.438. The molecule has 0 aliphatic carbocycles. The Morgan fingerprint density at radius 3 is 2.78 bits per heavy atom. The van der Waals surface area contributed by atoms with Crippen LogP contribution >= 0.6 is 0 Å². The third-order valence-electron chi connectivity index (χ3n) is 1.26. The number of hydroxylamine groups is 1. The van der Waals surface area contributed by atoms with Crippen LogP contribution in [0.15, 0.2) is 0 Å². The molecule has 4 nitrogen and oxygen atoms in total. The highest BCUT2D eigenvalue weighted by molar-refractivity contribution is 6.02. The molecular formula is C5H7NO3. The molecule has 1 rings (SSSR count). The van der Waals surface area contributed by atoms with Gasteiger partial charge in [-0.25, -0.2) is 5.48 Å². The van der Waals surface area contributed by atoms with Crippen molar-refractivity contribution in [3.8, 4) is 0 Å². The number of hydrogen-bond acceptors (Lipinski definition) is 3. The Labute approximate surface area is 52.1 Å². The van der Waals surface area contributed by atoms with Gasteiger partial charge in [0.15, 0.2) is 5.78 Å². The molecule has 9 heavy (non-hydrogen) atoms. The van der Waals surface area contributed by atoms with Crippen LogP contribution in [-0.2, 0) is 14.4 Å². The zero-order valence-corrected chi connectivity index (χ0v) is 5.01. The van der Waals surface area contributed by atoms with Gasteiger partial charge in [0, 0.05) is 0 Å². The van der Waals surface area contributed by atoms with Gasteiger partial charge < -0.3 is 0 Å². The van der Waals surface area contributed by atoms with Crippen molar-refractivity contribution in [2.45, 2.75) is 6.92 Å². The minimum atomic E-state index is -0.543. The van der Waals surface area contributed by atoms with E-state index in [1.807, 2.05) is 0 Å². The number of carbonyl (C=O) groups excluding carboxylic acids is 2. The average molecular weight is 129 g/mol. The van der Waals surface area contributed by atoms with Crippen molar-refractivity contribution < 1.29 is 14.4 Å². The summed E-state index contributed by atoms with van der Waals surface area (Å²) in [5, 5.41) is 0. The molecule has 1 N–H and O–H groups in total. The molecule has 0 saturated carbocycles. The lowest BCUT2D eigenvalue weighted by Crippen LogP contribution is -2.42. The highest BCUT2D eigenvalue weighted by atomic mass is 16.7.